The van der Waals surface area contributed by atoms with Gasteiger partial charge in [0.25, 0.3) is 5.91 Å². The maximum Gasteiger partial charge on any atom is 0.254 e. The minimum atomic E-state index is -0.293. The van der Waals surface area contributed by atoms with E-state index in [2.05, 4.69) is 23.8 Å². The van der Waals surface area contributed by atoms with E-state index in [1.54, 1.807) is 12.1 Å². The molecule has 3 atom stereocenters. The summed E-state index contributed by atoms with van der Waals surface area (Å²) in [7, 11) is 2.22. The third-order valence-electron chi connectivity index (χ3n) is 5.62. The molecule has 3 nitrogen and oxygen atoms in total. The Morgan fingerprint density at radius 2 is 1.83 bits per heavy atom. The van der Waals surface area contributed by atoms with Crippen LogP contribution in [0.1, 0.15) is 55.8 Å². The van der Waals surface area contributed by atoms with Crippen LogP contribution < -0.4 is 0 Å². The first kappa shape index (κ1) is 16.4. The van der Waals surface area contributed by atoms with E-state index in [9.17, 15) is 9.18 Å². The number of halogens is 1. The summed E-state index contributed by atoms with van der Waals surface area (Å²) in [6.07, 6.45) is 6.75. The van der Waals surface area contributed by atoms with Crippen molar-refractivity contribution in [2.75, 3.05) is 13.6 Å². The highest BCUT2D eigenvalue weighted by Crippen LogP contribution is 2.36. The number of rotatable bonds is 5. The summed E-state index contributed by atoms with van der Waals surface area (Å²) in [4.78, 5) is 17.5. The van der Waals surface area contributed by atoms with E-state index in [0.717, 1.165) is 32.2 Å². The first-order chi connectivity index (χ1) is 11.1. The predicted molar refractivity (Wildman–Crippen MR) is 89.9 cm³/mol. The lowest BCUT2D eigenvalue weighted by Gasteiger charge is -2.42. The van der Waals surface area contributed by atoms with Crippen LogP contribution in [0.25, 0.3) is 0 Å². The van der Waals surface area contributed by atoms with Gasteiger partial charge in [0.05, 0.1) is 0 Å². The van der Waals surface area contributed by atoms with Gasteiger partial charge >= 0.3 is 0 Å². The number of unbranched alkanes of at least 4 members (excludes halogenated alkanes) is 1. The van der Waals surface area contributed by atoms with Crippen molar-refractivity contribution in [2.45, 2.75) is 63.6 Å². The Morgan fingerprint density at radius 1 is 1.22 bits per heavy atom. The zero-order chi connectivity index (χ0) is 16.4. The van der Waals surface area contributed by atoms with Crippen molar-refractivity contribution in [3.8, 4) is 0 Å². The quantitative estimate of drug-likeness (QED) is 0.826. The smallest absolute Gasteiger partial charge is 0.254 e. The van der Waals surface area contributed by atoms with Crippen molar-refractivity contribution < 1.29 is 9.18 Å². The summed E-state index contributed by atoms with van der Waals surface area (Å²) in [5.41, 5.74) is 0.605. The fourth-order valence-electron chi connectivity index (χ4n) is 4.17. The molecule has 1 aromatic carbocycles. The zero-order valence-corrected chi connectivity index (χ0v) is 14.2. The van der Waals surface area contributed by atoms with Crippen LogP contribution in [-0.4, -0.2) is 47.4 Å². The minimum Gasteiger partial charge on any atom is -0.336 e. The molecular formula is C19H27FN2O. The molecule has 2 saturated heterocycles. The van der Waals surface area contributed by atoms with E-state index < -0.39 is 0 Å². The Kier molecular flexibility index (Phi) is 5.00. The van der Waals surface area contributed by atoms with Crippen LogP contribution in [-0.2, 0) is 0 Å². The van der Waals surface area contributed by atoms with E-state index in [0.29, 0.717) is 23.7 Å². The van der Waals surface area contributed by atoms with Crippen LogP contribution in [0.5, 0.6) is 0 Å². The van der Waals surface area contributed by atoms with E-state index in [1.165, 1.54) is 25.0 Å². The SMILES string of the molecule is CCCCN(C(=O)c1ccc(F)cc1)C1C[C@H]2CC[C@@H](C1)N2C. The number of fused-ring (bicyclic) bond motifs is 2. The second-order valence-electron chi connectivity index (χ2n) is 7.03. The van der Waals surface area contributed by atoms with Crippen molar-refractivity contribution in [3.05, 3.63) is 35.6 Å². The van der Waals surface area contributed by atoms with Gasteiger partial charge in [-0.3, -0.25) is 4.79 Å². The van der Waals surface area contributed by atoms with Crippen molar-refractivity contribution in [3.63, 3.8) is 0 Å². The molecule has 2 heterocycles. The fourth-order valence-corrected chi connectivity index (χ4v) is 4.17. The van der Waals surface area contributed by atoms with E-state index in [1.807, 2.05) is 0 Å². The molecule has 3 rings (SSSR count). The van der Waals surface area contributed by atoms with Crippen LogP contribution in [0.15, 0.2) is 24.3 Å². The second-order valence-corrected chi connectivity index (χ2v) is 7.03. The number of hydrogen-bond donors (Lipinski definition) is 0. The lowest BCUT2D eigenvalue weighted by Crippen LogP contribution is -2.51. The van der Waals surface area contributed by atoms with Gasteiger partial charge in [0.15, 0.2) is 0 Å². The van der Waals surface area contributed by atoms with Gasteiger partial charge in [-0.1, -0.05) is 13.3 Å². The van der Waals surface area contributed by atoms with Gasteiger partial charge in [0.2, 0.25) is 0 Å². The Morgan fingerprint density at radius 3 is 2.39 bits per heavy atom. The number of hydrogen-bond acceptors (Lipinski definition) is 2. The molecule has 0 aliphatic carbocycles. The maximum absolute atomic E-state index is 13.1. The lowest BCUT2D eigenvalue weighted by molar-refractivity contribution is 0.0480. The summed E-state index contributed by atoms with van der Waals surface area (Å²) >= 11 is 0. The van der Waals surface area contributed by atoms with Gasteiger partial charge in [-0.2, -0.15) is 0 Å². The van der Waals surface area contributed by atoms with Gasteiger partial charge < -0.3 is 9.80 Å². The largest absolute Gasteiger partial charge is 0.336 e. The first-order valence-electron chi connectivity index (χ1n) is 8.88. The third kappa shape index (κ3) is 3.42. The van der Waals surface area contributed by atoms with Gasteiger partial charge in [-0.05, 0) is 63.4 Å². The number of benzene rings is 1. The molecule has 126 valence electrons. The molecule has 0 saturated carbocycles. The molecule has 1 aromatic rings. The molecule has 0 spiro atoms. The van der Waals surface area contributed by atoms with Crippen LogP contribution in [0.4, 0.5) is 4.39 Å². The van der Waals surface area contributed by atoms with Crippen LogP contribution in [0.3, 0.4) is 0 Å². The molecule has 2 bridgehead atoms. The molecule has 0 radical (unpaired) electrons. The molecule has 1 amide bonds. The van der Waals surface area contributed by atoms with E-state index in [4.69, 9.17) is 0 Å². The van der Waals surface area contributed by atoms with Gasteiger partial charge in [0, 0.05) is 30.2 Å². The Hall–Kier alpha value is -1.42. The molecule has 23 heavy (non-hydrogen) atoms. The highest BCUT2D eigenvalue weighted by molar-refractivity contribution is 5.94. The van der Waals surface area contributed by atoms with Crippen molar-refractivity contribution >= 4 is 5.91 Å². The first-order valence-corrected chi connectivity index (χ1v) is 8.88. The standard InChI is InChI=1S/C19H27FN2O/c1-3-4-11-22(19(23)14-5-7-15(20)8-6-14)18-12-16-9-10-17(13-18)21(16)2/h5-8,16-18H,3-4,9-13H2,1-2H3/t16-,17+,18?. The molecule has 0 aromatic heterocycles. The zero-order valence-electron chi connectivity index (χ0n) is 14.2. The summed E-state index contributed by atoms with van der Waals surface area (Å²) in [5, 5.41) is 0. The average Bonchev–Trinajstić information content (AvgIpc) is 2.76. The number of piperidine rings is 1. The monoisotopic (exact) mass is 318 g/mol. The lowest BCUT2D eigenvalue weighted by atomic mass is 9.95. The molecule has 2 aliphatic rings. The summed E-state index contributed by atoms with van der Waals surface area (Å²) in [6.45, 7) is 2.96. The topological polar surface area (TPSA) is 23.6 Å². The van der Waals surface area contributed by atoms with Crippen molar-refractivity contribution in [1.82, 2.24) is 9.80 Å². The third-order valence-corrected chi connectivity index (χ3v) is 5.62. The number of nitrogens with zero attached hydrogens (tertiary/aromatic N) is 2. The van der Waals surface area contributed by atoms with Crippen LogP contribution in [0, 0.1) is 5.82 Å². The van der Waals surface area contributed by atoms with Gasteiger partial charge in [0.1, 0.15) is 5.82 Å². The highest BCUT2D eigenvalue weighted by atomic mass is 19.1. The Bertz CT molecular complexity index is 531. The summed E-state index contributed by atoms with van der Waals surface area (Å²) in [5.74, 6) is -0.230. The van der Waals surface area contributed by atoms with E-state index >= 15 is 0 Å². The number of carbonyl (C=O) groups is 1. The van der Waals surface area contributed by atoms with Gasteiger partial charge in [-0.15, -0.1) is 0 Å². The number of carbonyl (C=O) groups excluding carboxylic acids is 1. The molecule has 2 aliphatic heterocycles. The molecular weight excluding hydrogens is 291 g/mol. The molecule has 2 fully saturated rings. The van der Waals surface area contributed by atoms with Crippen LogP contribution >= 0.6 is 0 Å². The van der Waals surface area contributed by atoms with Crippen molar-refractivity contribution in [1.29, 1.82) is 0 Å². The maximum atomic E-state index is 13.1. The van der Waals surface area contributed by atoms with Crippen LogP contribution in [0.2, 0.25) is 0 Å². The normalized spacial score (nSPS) is 27.2. The Balaban J connectivity index is 1.77. The highest BCUT2D eigenvalue weighted by Gasteiger charge is 2.41. The molecule has 1 unspecified atom stereocenters. The van der Waals surface area contributed by atoms with Gasteiger partial charge in [-0.25, -0.2) is 4.39 Å². The van der Waals surface area contributed by atoms with E-state index in [-0.39, 0.29) is 11.7 Å². The van der Waals surface area contributed by atoms with Crippen molar-refractivity contribution in [2.24, 2.45) is 0 Å². The average molecular weight is 318 g/mol. The summed E-state index contributed by atoms with van der Waals surface area (Å²) in [6, 6.07) is 7.54. The molecule has 0 N–H and O–H groups in total. The number of amides is 1. The summed E-state index contributed by atoms with van der Waals surface area (Å²) < 4.78 is 13.1. The minimum absolute atomic E-state index is 0.0624. The molecule has 4 heteroatoms. The Labute approximate surface area is 138 Å². The second kappa shape index (κ2) is 7.00. The fraction of sp³-hybridized carbons (Fsp3) is 0.632. The predicted octanol–water partition coefficient (Wildman–Crippen LogP) is 3.69.